The van der Waals surface area contributed by atoms with Crippen LogP contribution >= 0.6 is 39.3 Å². The predicted molar refractivity (Wildman–Crippen MR) is 153 cm³/mol. The van der Waals surface area contributed by atoms with Crippen LogP contribution in [0.5, 0.6) is 0 Å². The summed E-state index contributed by atoms with van der Waals surface area (Å²) >= 11 is 10.6. The Morgan fingerprint density at radius 1 is 1.00 bits per heavy atom. The van der Waals surface area contributed by atoms with Crippen molar-refractivity contribution in [3.63, 3.8) is 0 Å². The molecule has 1 aliphatic heterocycles. The lowest BCUT2D eigenvalue weighted by molar-refractivity contribution is -0.114. The molecule has 1 atom stereocenters. The number of dihydropyridines is 1. The van der Waals surface area contributed by atoms with E-state index in [-0.39, 0.29) is 17.6 Å². The van der Waals surface area contributed by atoms with E-state index in [0.717, 1.165) is 10.0 Å². The summed E-state index contributed by atoms with van der Waals surface area (Å²) in [6.45, 7) is 1.79. The zero-order valence-electron chi connectivity index (χ0n) is 19.7. The third-order valence-electron chi connectivity index (χ3n) is 5.60. The van der Waals surface area contributed by atoms with Crippen LogP contribution < -0.4 is 16.0 Å². The van der Waals surface area contributed by atoms with Gasteiger partial charge >= 0.3 is 0 Å². The summed E-state index contributed by atoms with van der Waals surface area (Å²) in [4.78, 5) is 26.1. The molecule has 0 unspecified atom stereocenters. The van der Waals surface area contributed by atoms with Crippen molar-refractivity contribution in [2.75, 3.05) is 16.4 Å². The minimum atomic E-state index is -0.600. The van der Waals surface area contributed by atoms with E-state index in [1.54, 1.807) is 43.3 Å². The number of amides is 2. The molecule has 0 saturated heterocycles. The number of thioether (sulfide) groups is 1. The van der Waals surface area contributed by atoms with Crippen LogP contribution in [0.15, 0.2) is 105 Å². The molecule has 4 rings (SSSR count). The Bertz CT molecular complexity index is 1420. The van der Waals surface area contributed by atoms with E-state index < -0.39 is 5.92 Å². The summed E-state index contributed by atoms with van der Waals surface area (Å²) in [6, 6.07) is 25.8. The Morgan fingerprint density at radius 3 is 2.27 bits per heavy atom. The van der Waals surface area contributed by atoms with Crippen LogP contribution in [0.2, 0.25) is 5.02 Å². The van der Waals surface area contributed by atoms with Crippen LogP contribution in [0.25, 0.3) is 0 Å². The minimum Gasteiger partial charge on any atom is -0.353 e. The van der Waals surface area contributed by atoms with Crippen molar-refractivity contribution in [3.05, 3.63) is 116 Å². The molecule has 1 heterocycles. The molecule has 3 aromatic rings. The van der Waals surface area contributed by atoms with Crippen molar-refractivity contribution in [1.29, 1.82) is 5.26 Å². The Kier molecular flexibility index (Phi) is 8.72. The first kappa shape index (κ1) is 26.6. The number of hydrogen-bond acceptors (Lipinski definition) is 5. The topological polar surface area (TPSA) is 94.0 Å². The number of halogens is 2. The van der Waals surface area contributed by atoms with Gasteiger partial charge < -0.3 is 16.0 Å². The normalized spacial score (nSPS) is 15.0. The SMILES string of the molecule is CC1=C(C(=O)Nc2ccc(Cl)cc2)[C@@H](c2ccccc2)C(C#N)=C(SCC(=O)Nc2ccc(Br)cc2)N1. The molecule has 3 aromatic carbocycles. The quantitative estimate of drug-likeness (QED) is 0.280. The number of nitrogens with zero attached hydrogens (tertiary/aromatic N) is 1. The summed E-state index contributed by atoms with van der Waals surface area (Å²) < 4.78 is 0.917. The molecule has 0 spiro atoms. The van der Waals surface area contributed by atoms with Gasteiger partial charge in [0.25, 0.3) is 5.91 Å². The second kappa shape index (κ2) is 12.2. The van der Waals surface area contributed by atoms with Gasteiger partial charge in [0.05, 0.1) is 28.3 Å². The lowest BCUT2D eigenvalue weighted by atomic mass is 9.82. The number of carbonyl (C=O) groups is 2. The lowest BCUT2D eigenvalue weighted by Gasteiger charge is -2.30. The average Bonchev–Trinajstić information content (AvgIpc) is 2.90. The van der Waals surface area contributed by atoms with E-state index >= 15 is 0 Å². The summed E-state index contributed by atoms with van der Waals surface area (Å²) in [5.74, 6) is -1.05. The fourth-order valence-electron chi connectivity index (χ4n) is 3.91. The lowest BCUT2D eigenvalue weighted by Crippen LogP contribution is -2.31. The van der Waals surface area contributed by atoms with Gasteiger partial charge in [0.2, 0.25) is 5.91 Å². The number of nitriles is 1. The largest absolute Gasteiger partial charge is 0.353 e. The summed E-state index contributed by atoms with van der Waals surface area (Å²) in [5.41, 5.74) is 3.49. The Hall–Kier alpha value is -3.51. The highest BCUT2D eigenvalue weighted by Crippen LogP contribution is 2.41. The van der Waals surface area contributed by atoms with Gasteiger partial charge in [-0.1, -0.05) is 69.6 Å². The van der Waals surface area contributed by atoms with Gasteiger partial charge in [-0.25, -0.2) is 0 Å². The number of anilines is 2. The highest BCUT2D eigenvalue weighted by atomic mass is 79.9. The molecule has 2 amide bonds. The molecule has 0 aromatic heterocycles. The maximum Gasteiger partial charge on any atom is 0.254 e. The van der Waals surface area contributed by atoms with Crippen molar-refractivity contribution < 1.29 is 9.59 Å². The first-order valence-corrected chi connectivity index (χ1v) is 13.4. The van der Waals surface area contributed by atoms with Crippen molar-refractivity contribution >= 4 is 62.5 Å². The third kappa shape index (κ3) is 6.63. The zero-order chi connectivity index (χ0) is 26.4. The first-order chi connectivity index (χ1) is 17.9. The van der Waals surface area contributed by atoms with E-state index in [2.05, 4.69) is 37.9 Å². The summed E-state index contributed by atoms with van der Waals surface area (Å²) in [5, 5.41) is 20.3. The molecule has 3 N–H and O–H groups in total. The van der Waals surface area contributed by atoms with E-state index in [1.165, 1.54) is 11.8 Å². The van der Waals surface area contributed by atoms with Gasteiger partial charge in [0.15, 0.2) is 0 Å². The summed E-state index contributed by atoms with van der Waals surface area (Å²) in [6.07, 6.45) is 0. The molecule has 186 valence electrons. The molecular weight excluding hydrogens is 572 g/mol. The molecule has 1 aliphatic rings. The second-order valence-electron chi connectivity index (χ2n) is 8.17. The highest BCUT2D eigenvalue weighted by molar-refractivity contribution is 9.10. The van der Waals surface area contributed by atoms with Gasteiger partial charge in [0.1, 0.15) is 0 Å². The highest BCUT2D eigenvalue weighted by Gasteiger charge is 2.34. The van der Waals surface area contributed by atoms with Gasteiger partial charge in [-0.2, -0.15) is 5.26 Å². The van der Waals surface area contributed by atoms with Gasteiger partial charge in [-0.05, 0) is 61.0 Å². The van der Waals surface area contributed by atoms with E-state index in [1.807, 2.05) is 42.5 Å². The standard InChI is InChI=1S/C28H22BrClN4O2S/c1-17-25(27(36)34-22-13-9-20(30)10-14-22)26(18-5-3-2-4-6-18)23(15-31)28(32-17)37-16-24(35)33-21-11-7-19(29)8-12-21/h2-14,26,32H,16H2,1H3,(H,33,35)(H,34,36)/t26-/m0/s1. The number of hydrogen-bond donors (Lipinski definition) is 3. The van der Waals surface area contributed by atoms with Crippen molar-refractivity contribution in [1.82, 2.24) is 5.32 Å². The van der Waals surface area contributed by atoms with Crippen LogP contribution in [0, 0.1) is 11.3 Å². The number of allylic oxidation sites excluding steroid dienone is 2. The Labute approximate surface area is 232 Å². The van der Waals surface area contributed by atoms with E-state index in [0.29, 0.717) is 38.3 Å². The molecule has 37 heavy (non-hydrogen) atoms. The molecule has 9 heteroatoms. The zero-order valence-corrected chi connectivity index (χ0v) is 22.9. The smallest absolute Gasteiger partial charge is 0.254 e. The second-order valence-corrected chi connectivity index (χ2v) is 10.5. The summed E-state index contributed by atoms with van der Waals surface area (Å²) in [7, 11) is 0. The van der Waals surface area contributed by atoms with Crippen molar-refractivity contribution in [3.8, 4) is 6.07 Å². The Balaban J connectivity index is 1.60. The van der Waals surface area contributed by atoms with Crippen LogP contribution in [-0.4, -0.2) is 17.6 Å². The van der Waals surface area contributed by atoms with E-state index in [9.17, 15) is 14.9 Å². The fourth-order valence-corrected chi connectivity index (χ4v) is 5.19. The molecule has 0 aliphatic carbocycles. The van der Waals surface area contributed by atoms with Crippen molar-refractivity contribution in [2.45, 2.75) is 12.8 Å². The van der Waals surface area contributed by atoms with Gasteiger partial charge in [0, 0.05) is 32.1 Å². The van der Waals surface area contributed by atoms with Crippen LogP contribution in [0.3, 0.4) is 0 Å². The third-order valence-corrected chi connectivity index (χ3v) is 7.40. The number of benzene rings is 3. The van der Waals surface area contributed by atoms with Gasteiger partial charge in [-0.3, -0.25) is 9.59 Å². The van der Waals surface area contributed by atoms with Crippen LogP contribution in [-0.2, 0) is 9.59 Å². The molecule has 6 nitrogen and oxygen atoms in total. The minimum absolute atomic E-state index is 0.0880. The molecular formula is C28H22BrClN4O2S. The monoisotopic (exact) mass is 592 g/mol. The molecule has 0 saturated carbocycles. The van der Waals surface area contributed by atoms with E-state index in [4.69, 9.17) is 11.6 Å². The average molecular weight is 594 g/mol. The predicted octanol–water partition coefficient (Wildman–Crippen LogP) is 6.81. The number of carbonyl (C=O) groups excluding carboxylic acids is 2. The van der Waals surface area contributed by atoms with Crippen molar-refractivity contribution in [2.24, 2.45) is 0 Å². The number of nitrogens with one attached hydrogen (secondary N) is 3. The number of rotatable bonds is 7. The fraction of sp³-hybridized carbons (Fsp3) is 0.107. The molecule has 0 radical (unpaired) electrons. The maximum absolute atomic E-state index is 13.5. The van der Waals surface area contributed by atoms with Crippen LogP contribution in [0.1, 0.15) is 18.4 Å². The Morgan fingerprint density at radius 2 is 1.62 bits per heavy atom. The maximum atomic E-state index is 13.5. The molecule has 0 bridgehead atoms. The first-order valence-electron chi connectivity index (χ1n) is 11.3. The van der Waals surface area contributed by atoms with Crippen LogP contribution in [0.4, 0.5) is 11.4 Å². The van der Waals surface area contributed by atoms with Gasteiger partial charge in [-0.15, -0.1) is 0 Å². The molecule has 0 fully saturated rings.